The Morgan fingerprint density at radius 3 is 2.17 bits per heavy atom. The summed E-state index contributed by atoms with van der Waals surface area (Å²) < 4.78 is 10.2. The van der Waals surface area contributed by atoms with Crippen LogP contribution in [0.5, 0.6) is 11.8 Å². The van der Waals surface area contributed by atoms with Gasteiger partial charge in [-0.05, 0) is 17.7 Å². The highest BCUT2D eigenvalue weighted by Crippen LogP contribution is 2.32. The fraction of sp³-hybridized carbons (Fsp3) is 0.312. The lowest BCUT2D eigenvalue weighted by Crippen LogP contribution is -2.15. The van der Waals surface area contributed by atoms with Crippen LogP contribution in [0.3, 0.4) is 0 Å². The van der Waals surface area contributed by atoms with E-state index in [1.807, 2.05) is 31.2 Å². The predicted molar refractivity (Wildman–Crippen MR) is 90.7 cm³/mol. The molecule has 2 atom stereocenters. The van der Waals surface area contributed by atoms with E-state index in [-0.39, 0.29) is 11.2 Å². The summed E-state index contributed by atoms with van der Waals surface area (Å²) in [6.07, 6.45) is 0.902. The molecule has 7 heteroatoms. The number of hydrogen-bond acceptors (Lipinski definition) is 6. The quantitative estimate of drug-likeness (QED) is 0.431. The summed E-state index contributed by atoms with van der Waals surface area (Å²) in [6.45, 7) is 1.98. The van der Waals surface area contributed by atoms with Crippen LogP contribution < -0.4 is 9.47 Å². The molecule has 2 unspecified atom stereocenters. The van der Waals surface area contributed by atoms with E-state index < -0.39 is 0 Å². The lowest BCUT2D eigenvalue weighted by atomic mass is 9.98. The van der Waals surface area contributed by atoms with Crippen molar-refractivity contribution in [1.82, 2.24) is 9.97 Å². The molecule has 1 aromatic heterocycles. The molecule has 2 aromatic rings. The van der Waals surface area contributed by atoms with Crippen molar-refractivity contribution in [3.05, 3.63) is 40.9 Å². The zero-order chi connectivity index (χ0) is 16.8. The largest absolute Gasteiger partial charge is 0.481 e. The van der Waals surface area contributed by atoms with E-state index in [4.69, 9.17) is 21.1 Å². The molecule has 122 valence electrons. The highest BCUT2D eigenvalue weighted by atomic mass is 35.5. The van der Waals surface area contributed by atoms with Crippen LogP contribution in [-0.2, 0) is 4.79 Å². The molecular weight excluding hydrogens is 336 g/mol. The molecule has 0 aliphatic heterocycles. The lowest BCUT2D eigenvalue weighted by molar-refractivity contribution is -0.107. The molecule has 0 fully saturated rings. The third kappa shape index (κ3) is 4.59. The summed E-state index contributed by atoms with van der Waals surface area (Å²) in [5.74, 6) is 0.766. The minimum atomic E-state index is -0.340. The molecule has 23 heavy (non-hydrogen) atoms. The first-order valence-corrected chi connectivity index (χ1v) is 8.17. The first-order valence-electron chi connectivity index (χ1n) is 6.92. The Kier molecular flexibility index (Phi) is 6.24. The van der Waals surface area contributed by atoms with Crippen molar-refractivity contribution in [2.24, 2.45) is 0 Å². The summed E-state index contributed by atoms with van der Waals surface area (Å²) in [5.41, 5.74) is 1.02. The van der Waals surface area contributed by atoms with Gasteiger partial charge < -0.3 is 14.3 Å². The Bertz CT molecular complexity index is 645. The number of carbonyl (C=O) groups is 1. The second kappa shape index (κ2) is 8.17. The van der Waals surface area contributed by atoms with Gasteiger partial charge in [0.25, 0.3) is 0 Å². The van der Waals surface area contributed by atoms with Crippen LogP contribution >= 0.6 is 23.4 Å². The third-order valence-corrected chi connectivity index (χ3v) is 4.78. The van der Waals surface area contributed by atoms with Gasteiger partial charge in [-0.1, -0.05) is 42.4 Å². The SMILES string of the molecule is COc1cc(OC)nc(SC(C=O)C(C)c2ccc(Cl)cc2)n1. The van der Waals surface area contributed by atoms with Gasteiger partial charge in [-0.15, -0.1) is 0 Å². The molecule has 0 spiro atoms. The maximum Gasteiger partial charge on any atom is 0.220 e. The Labute approximate surface area is 144 Å². The molecular formula is C16H17ClN2O3S. The predicted octanol–water partition coefficient (Wildman–Crippen LogP) is 3.61. The summed E-state index contributed by atoms with van der Waals surface area (Å²) in [7, 11) is 3.04. The zero-order valence-corrected chi connectivity index (χ0v) is 14.6. The number of aldehydes is 1. The normalized spacial score (nSPS) is 13.2. The molecule has 0 aliphatic rings. The van der Waals surface area contributed by atoms with Crippen molar-refractivity contribution < 1.29 is 14.3 Å². The standard InChI is InChI=1S/C16H17ClN2O3S/c1-10(11-4-6-12(17)7-5-11)13(9-20)23-16-18-14(21-2)8-15(19-16)22-3/h4-10,13H,1-3H3. The van der Waals surface area contributed by atoms with Gasteiger partial charge >= 0.3 is 0 Å². The number of hydrogen-bond donors (Lipinski definition) is 0. The van der Waals surface area contributed by atoms with Crippen LogP contribution in [0.25, 0.3) is 0 Å². The molecule has 0 radical (unpaired) electrons. The Hall–Kier alpha value is -1.79. The van der Waals surface area contributed by atoms with E-state index in [1.165, 1.54) is 26.0 Å². The number of aromatic nitrogens is 2. The first-order chi connectivity index (χ1) is 11.1. The van der Waals surface area contributed by atoms with Crippen molar-refractivity contribution >= 4 is 29.6 Å². The van der Waals surface area contributed by atoms with Crippen LogP contribution in [-0.4, -0.2) is 35.7 Å². The third-order valence-electron chi connectivity index (χ3n) is 3.34. The van der Waals surface area contributed by atoms with E-state index in [9.17, 15) is 4.79 Å². The number of rotatable bonds is 7. The number of carbonyl (C=O) groups excluding carboxylic acids is 1. The molecule has 5 nitrogen and oxygen atoms in total. The van der Waals surface area contributed by atoms with Crippen molar-refractivity contribution in [2.45, 2.75) is 23.2 Å². The van der Waals surface area contributed by atoms with E-state index in [0.717, 1.165) is 11.8 Å². The number of ether oxygens (including phenoxy) is 2. The van der Waals surface area contributed by atoms with Crippen molar-refractivity contribution in [2.75, 3.05) is 14.2 Å². The van der Waals surface area contributed by atoms with Crippen LogP contribution in [0.2, 0.25) is 5.02 Å². The average Bonchev–Trinajstić information content (AvgIpc) is 2.59. The van der Waals surface area contributed by atoms with Crippen LogP contribution in [0.15, 0.2) is 35.5 Å². The first kappa shape index (κ1) is 17.6. The number of nitrogens with zero attached hydrogens (tertiary/aromatic N) is 2. The zero-order valence-electron chi connectivity index (χ0n) is 13.0. The van der Waals surface area contributed by atoms with Gasteiger partial charge in [0.05, 0.1) is 25.5 Å². The molecule has 0 saturated heterocycles. The summed E-state index contributed by atoms with van der Waals surface area (Å²) >= 11 is 7.18. The van der Waals surface area contributed by atoms with Crippen molar-refractivity contribution in [3.8, 4) is 11.8 Å². The highest BCUT2D eigenvalue weighted by Gasteiger charge is 2.22. The van der Waals surface area contributed by atoms with Crippen LogP contribution in [0.1, 0.15) is 18.4 Å². The van der Waals surface area contributed by atoms with E-state index in [2.05, 4.69) is 9.97 Å². The Morgan fingerprint density at radius 2 is 1.70 bits per heavy atom. The molecule has 0 saturated carbocycles. The Morgan fingerprint density at radius 1 is 1.13 bits per heavy atom. The number of thioether (sulfide) groups is 1. The van der Waals surface area contributed by atoms with Crippen LogP contribution in [0.4, 0.5) is 0 Å². The highest BCUT2D eigenvalue weighted by molar-refractivity contribution is 8.00. The summed E-state index contributed by atoms with van der Waals surface area (Å²) in [4.78, 5) is 20.0. The maximum atomic E-state index is 11.5. The van der Waals surface area contributed by atoms with E-state index >= 15 is 0 Å². The lowest BCUT2D eigenvalue weighted by Gasteiger charge is -2.18. The van der Waals surface area contributed by atoms with Gasteiger partial charge in [0, 0.05) is 10.9 Å². The van der Waals surface area contributed by atoms with Gasteiger partial charge in [0.1, 0.15) is 6.29 Å². The molecule has 1 heterocycles. The minimum absolute atomic E-state index is 0.0180. The van der Waals surface area contributed by atoms with Crippen molar-refractivity contribution in [1.29, 1.82) is 0 Å². The van der Waals surface area contributed by atoms with E-state index in [0.29, 0.717) is 21.9 Å². The van der Waals surface area contributed by atoms with Gasteiger partial charge in [-0.25, -0.2) is 0 Å². The minimum Gasteiger partial charge on any atom is -0.481 e. The van der Waals surface area contributed by atoms with Crippen molar-refractivity contribution in [3.63, 3.8) is 0 Å². The molecule has 0 aliphatic carbocycles. The topological polar surface area (TPSA) is 61.3 Å². The van der Waals surface area contributed by atoms with Gasteiger partial charge in [0.15, 0.2) is 5.16 Å². The maximum absolute atomic E-state index is 11.5. The summed E-state index contributed by atoms with van der Waals surface area (Å²) in [6, 6.07) is 9.03. The van der Waals surface area contributed by atoms with Crippen LogP contribution in [0, 0.1) is 0 Å². The fourth-order valence-electron chi connectivity index (χ4n) is 1.97. The van der Waals surface area contributed by atoms with Gasteiger partial charge in [0.2, 0.25) is 11.8 Å². The average molecular weight is 353 g/mol. The Balaban J connectivity index is 2.21. The molecule has 0 amide bonds. The smallest absolute Gasteiger partial charge is 0.220 e. The number of halogens is 1. The second-order valence-electron chi connectivity index (χ2n) is 4.79. The molecule has 0 bridgehead atoms. The monoisotopic (exact) mass is 352 g/mol. The molecule has 0 N–H and O–H groups in total. The molecule has 2 rings (SSSR count). The summed E-state index contributed by atoms with van der Waals surface area (Å²) in [5, 5.41) is 0.754. The van der Waals surface area contributed by atoms with Gasteiger partial charge in [-0.2, -0.15) is 9.97 Å². The molecule has 1 aromatic carbocycles. The second-order valence-corrected chi connectivity index (χ2v) is 6.38. The van der Waals surface area contributed by atoms with Gasteiger partial charge in [-0.3, -0.25) is 0 Å². The van der Waals surface area contributed by atoms with E-state index in [1.54, 1.807) is 6.07 Å². The number of methoxy groups -OCH3 is 2. The fourth-order valence-corrected chi connectivity index (χ4v) is 3.04. The number of benzene rings is 1.